The van der Waals surface area contributed by atoms with E-state index >= 15 is 0 Å². The lowest BCUT2D eigenvalue weighted by Gasteiger charge is -2.40. The summed E-state index contributed by atoms with van der Waals surface area (Å²) in [6.45, 7) is 4.83. The van der Waals surface area contributed by atoms with Crippen molar-refractivity contribution < 1.29 is 9.90 Å². The number of rotatable bonds is 3. The Morgan fingerprint density at radius 1 is 1.29 bits per heavy atom. The van der Waals surface area contributed by atoms with Gasteiger partial charge in [-0.25, -0.2) is 0 Å². The van der Waals surface area contributed by atoms with Crippen molar-refractivity contribution in [1.82, 2.24) is 5.32 Å². The first-order valence-corrected chi connectivity index (χ1v) is 9.04. The van der Waals surface area contributed by atoms with Crippen molar-refractivity contribution >= 4 is 38.0 Å². The SMILES string of the molecule is CC1(C)CCC(O)(CNC(=O)c2cc3sccc3s2)CC1. The topological polar surface area (TPSA) is 49.3 Å². The van der Waals surface area contributed by atoms with Crippen molar-refractivity contribution in [3.05, 3.63) is 22.4 Å². The van der Waals surface area contributed by atoms with Crippen molar-refractivity contribution in [2.75, 3.05) is 6.54 Å². The fraction of sp³-hybridized carbons (Fsp3) is 0.562. The second kappa shape index (κ2) is 5.38. The molecule has 0 radical (unpaired) electrons. The van der Waals surface area contributed by atoms with Gasteiger partial charge in [-0.1, -0.05) is 13.8 Å². The van der Waals surface area contributed by atoms with Crippen molar-refractivity contribution in [3.8, 4) is 0 Å². The van der Waals surface area contributed by atoms with Gasteiger partial charge in [-0.15, -0.1) is 22.7 Å². The lowest BCUT2D eigenvalue weighted by Crippen LogP contribution is -2.46. The van der Waals surface area contributed by atoms with Gasteiger partial charge in [-0.05, 0) is 48.6 Å². The molecule has 2 aromatic heterocycles. The Kier molecular flexibility index (Phi) is 3.84. The number of fused-ring (bicyclic) bond motifs is 1. The second-order valence-electron chi connectivity index (χ2n) is 6.83. The molecule has 2 aromatic rings. The van der Waals surface area contributed by atoms with Crippen molar-refractivity contribution in [2.24, 2.45) is 5.41 Å². The lowest BCUT2D eigenvalue weighted by atomic mass is 9.71. The Balaban J connectivity index is 1.59. The van der Waals surface area contributed by atoms with Crippen LogP contribution in [0, 0.1) is 5.41 Å². The molecule has 0 unspecified atom stereocenters. The van der Waals surface area contributed by atoms with Gasteiger partial charge in [-0.3, -0.25) is 4.79 Å². The highest BCUT2D eigenvalue weighted by atomic mass is 32.1. The van der Waals surface area contributed by atoms with Crippen molar-refractivity contribution in [1.29, 1.82) is 0 Å². The average molecular weight is 323 g/mol. The number of carbonyl (C=O) groups excluding carboxylic acids is 1. The summed E-state index contributed by atoms with van der Waals surface area (Å²) in [6, 6.07) is 3.98. The van der Waals surface area contributed by atoms with Crippen molar-refractivity contribution in [3.63, 3.8) is 0 Å². The van der Waals surface area contributed by atoms with Crippen LogP contribution in [0.25, 0.3) is 9.40 Å². The third-order valence-corrected chi connectivity index (χ3v) is 6.57. The largest absolute Gasteiger partial charge is 0.388 e. The molecule has 0 atom stereocenters. The van der Waals surface area contributed by atoms with Crippen LogP contribution in [0.15, 0.2) is 17.5 Å². The Morgan fingerprint density at radius 3 is 2.67 bits per heavy atom. The maximum atomic E-state index is 12.2. The fourth-order valence-electron chi connectivity index (χ4n) is 2.78. The van der Waals surface area contributed by atoms with Crippen LogP contribution < -0.4 is 5.32 Å². The molecule has 114 valence electrons. The second-order valence-corrected chi connectivity index (χ2v) is 8.86. The van der Waals surface area contributed by atoms with Gasteiger partial charge in [0.15, 0.2) is 0 Å². The van der Waals surface area contributed by atoms with E-state index in [2.05, 4.69) is 19.2 Å². The van der Waals surface area contributed by atoms with Crippen LogP contribution in [-0.4, -0.2) is 23.2 Å². The zero-order valence-corrected chi connectivity index (χ0v) is 14.1. The zero-order valence-electron chi connectivity index (χ0n) is 12.4. The van der Waals surface area contributed by atoms with Crippen LogP contribution in [-0.2, 0) is 0 Å². The van der Waals surface area contributed by atoms with E-state index in [-0.39, 0.29) is 5.91 Å². The summed E-state index contributed by atoms with van der Waals surface area (Å²) >= 11 is 3.17. The third kappa shape index (κ3) is 3.30. The first kappa shape index (κ1) is 15.0. The minimum atomic E-state index is -0.736. The van der Waals surface area contributed by atoms with E-state index in [9.17, 15) is 9.90 Å². The number of aliphatic hydroxyl groups is 1. The van der Waals surface area contributed by atoms with E-state index in [1.807, 2.05) is 17.5 Å². The number of hydrogen-bond acceptors (Lipinski definition) is 4. The first-order valence-electron chi connectivity index (χ1n) is 7.35. The standard InChI is InChI=1S/C16H21NO2S2/c1-15(2)4-6-16(19,7-5-15)10-17-14(18)13-9-12-11(21-13)3-8-20-12/h3,8-9,19H,4-7,10H2,1-2H3,(H,17,18). The highest BCUT2D eigenvalue weighted by molar-refractivity contribution is 7.27. The summed E-state index contributed by atoms with van der Waals surface area (Å²) in [7, 11) is 0. The van der Waals surface area contributed by atoms with E-state index in [1.54, 1.807) is 11.3 Å². The zero-order chi connectivity index (χ0) is 15.1. The molecule has 21 heavy (non-hydrogen) atoms. The molecule has 5 heteroatoms. The number of amides is 1. The minimum absolute atomic E-state index is 0.0679. The summed E-state index contributed by atoms with van der Waals surface area (Å²) < 4.78 is 2.31. The normalized spacial score (nSPS) is 20.5. The molecule has 3 nitrogen and oxygen atoms in total. The maximum Gasteiger partial charge on any atom is 0.261 e. The van der Waals surface area contributed by atoms with Gasteiger partial charge in [0.05, 0.1) is 10.5 Å². The van der Waals surface area contributed by atoms with E-state index in [1.165, 1.54) is 11.3 Å². The molecule has 2 N–H and O–H groups in total. The fourth-order valence-corrected chi connectivity index (χ4v) is 4.80. The summed E-state index contributed by atoms with van der Waals surface area (Å²) in [6.07, 6.45) is 3.54. The molecule has 0 bridgehead atoms. The summed E-state index contributed by atoms with van der Waals surface area (Å²) in [4.78, 5) is 13.0. The lowest BCUT2D eigenvalue weighted by molar-refractivity contribution is -0.0232. The maximum absolute atomic E-state index is 12.2. The Hall–Kier alpha value is -0.910. The molecule has 0 saturated heterocycles. The van der Waals surface area contributed by atoms with Crippen LogP contribution in [0.5, 0.6) is 0 Å². The molecule has 1 fully saturated rings. The molecule has 3 rings (SSSR count). The Bertz CT molecular complexity index is 618. The molecule has 0 spiro atoms. The van der Waals surface area contributed by atoms with Crippen LogP contribution in [0.1, 0.15) is 49.2 Å². The predicted molar refractivity (Wildman–Crippen MR) is 89.2 cm³/mol. The number of carbonyl (C=O) groups is 1. The monoisotopic (exact) mass is 323 g/mol. The van der Waals surface area contributed by atoms with Gasteiger partial charge in [0.25, 0.3) is 5.91 Å². The number of nitrogens with one attached hydrogen (secondary N) is 1. The highest BCUT2D eigenvalue weighted by Gasteiger charge is 2.36. The van der Waals surface area contributed by atoms with Gasteiger partial charge in [0.2, 0.25) is 0 Å². The van der Waals surface area contributed by atoms with E-state index < -0.39 is 5.60 Å². The van der Waals surface area contributed by atoms with Gasteiger partial charge in [0, 0.05) is 15.9 Å². The smallest absolute Gasteiger partial charge is 0.261 e. The molecule has 0 aliphatic heterocycles. The van der Waals surface area contributed by atoms with Gasteiger partial charge in [0.1, 0.15) is 0 Å². The van der Waals surface area contributed by atoms with Crippen LogP contribution >= 0.6 is 22.7 Å². The summed E-state index contributed by atoms with van der Waals surface area (Å²) in [5, 5.41) is 15.5. The number of thiophene rings is 2. The number of hydrogen-bond donors (Lipinski definition) is 2. The van der Waals surface area contributed by atoms with Crippen LogP contribution in [0.4, 0.5) is 0 Å². The molecule has 1 saturated carbocycles. The Morgan fingerprint density at radius 2 is 2.00 bits per heavy atom. The summed E-state index contributed by atoms with van der Waals surface area (Å²) in [5.74, 6) is -0.0679. The molecule has 1 aliphatic carbocycles. The molecular formula is C16H21NO2S2. The van der Waals surface area contributed by atoms with Crippen LogP contribution in [0.2, 0.25) is 0 Å². The third-order valence-electron chi connectivity index (χ3n) is 4.48. The first-order chi connectivity index (χ1) is 9.87. The molecule has 1 aliphatic rings. The average Bonchev–Trinajstić information content (AvgIpc) is 3.01. The summed E-state index contributed by atoms with van der Waals surface area (Å²) in [5.41, 5.74) is -0.422. The van der Waals surface area contributed by atoms with Crippen molar-refractivity contribution in [2.45, 2.75) is 45.1 Å². The van der Waals surface area contributed by atoms with Crippen LogP contribution in [0.3, 0.4) is 0 Å². The predicted octanol–water partition coefficient (Wildman–Crippen LogP) is 4.02. The minimum Gasteiger partial charge on any atom is -0.388 e. The van der Waals surface area contributed by atoms with E-state index in [0.717, 1.165) is 40.0 Å². The molecular weight excluding hydrogens is 302 g/mol. The molecule has 2 heterocycles. The van der Waals surface area contributed by atoms with Gasteiger partial charge in [-0.2, -0.15) is 0 Å². The van der Waals surface area contributed by atoms with E-state index in [4.69, 9.17) is 0 Å². The molecule has 1 amide bonds. The quantitative estimate of drug-likeness (QED) is 0.896. The highest BCUT2D eigenvalue weighted by Crippen LogP contribution is 2.40. The van der Waals surface area contributed by atoms with Gasteiger partial charge < -0.3 is 10.4 Å². The Labute approximate surface area is 133 Å². The van der Waals surface area contributed by atoms with Gasteiger partial charge >= 0.3 is 0 Å². The molecule has 0 aromatic carbocycles. The van der Waals surface area contributed by atoms with E-state index in [0.29, 0.717) is 12.0 Å².